The van der Waals surface area contributed by atoms with Gasteiger partial charge in [-0.25, -0.2) is 0 Å². The Labute approximate surface area is 209 Å². The molecule has 0 fully saturated rings. The van der Waals surface area contributed by atoms with Crippen molar-refractivity contribution in [3.8, 4) is 0 Å². The number of carbonyl (C=O) groups excluding carboxylic acids is 1. The molecule has 1 aliphatic heterocycles. The molecule has 6 heteroatoms. The van der Waals surface area contributed by atoms with Crippen LogP contribution in [0.25, 0.3) is 6.08 Å². The topological polar surface area (TPSA) is 29.5 Å². The summed E-state index contributed by atoms with van der Waals surface area (Å²) in [5.41, 5.74) is 4.21. The van der Waals surface area contributed by atoms with E-state index in [1.165, 1.54) is 5.56 Å². The lowest BCUT2D eigenvalue weighted by Gasteiger charge is -2.45. The molecule has 0 saturated heterocycles. The van der Waals surface area contributed by atoms with E-state index in [0.717, 1.165) is 17.5 Å². The molecular formula is C27H35Cl2NO2Si. The van der Waals surface area contributed by atoms with Gasteiger partial charge < -0.3 is 9.33 Å². The van der Waals surface area contributed by atoms with Gasteiger partial charge in [-0.2, -0.15) is 0 Å². The highest BCUT2D eigenvalue weighted by atomic mass is 35.5. The molecule has 0 N–H and O–H groups in total. The maximum atomic E-state index is 13.7. The third-order valence-corrected chi connectivity index (χ3v) is 12.5. The molecule has 1 heterocycles. The molecule has 0 bridgehead atoms. The molecule has 0 unspecified atom stereocenters. The first-order valence-electron chi connectivity index (χ1n) is 11.5. The van der Waals surface area contributed by atoms with Crippen molar-refractivity contribution in [3.05, 3.63) is 75.3 Å². The SMILES string of the molecule is C=Cc1cccc2c1C[C@H](CO[Si](C)(C)C(C)(C)C)N(C(=O)Cc1c(Cl)cccc1Cl)[C@H]2C. The second-order valence-electron chi connectivity index (χ2n) is 10.4. The molecule has 1 aliphatic rings. The Bertz CT molecular complexity index is 1020. The molecule has 0 saturated carbocycles. The maximum Gasteiger partial charge on any atom is 0.227 e. The molecule has 2 atom stereocenters. The van der Waals surface area contributed by atoms with E-state index in [1.54, 1.807) is 18.2 Å². The molecule has 0 aromatic heterocycles. The van der Waals surface area contributed by atoms with E-state index in [9.17, 15) is 4.79 Å². The molecule has 0 spiro atoms. The van der Waals surface area contributed by atoms with E-state index < -0.39 is 8.32 Å². The summed E-state index contributed by atoms with van der Waals surface area (Å²) in [5.74, 6) is 0.0102. The summed E-state index contributed by atoms with van der Waals surface area (Å²) in [6.45, 7) is 17.8. The monoisotopic (exact) mass is 503 g/mol. The first-order chi connectivity index (χ1) is 15.4. The summed E-state index contributed by atoms with van der Waals surface area (Å²) in [6.07, 6.45) is 2.80. The van der Waals surface area contributed by atoms with E-state index in [0.29, 0.717) is 22.2 Å². The fraction of sp³-hybridized carbons (Fsp3) is 0.444. The number of hydrogen-bond donors (Lipinski definition) is 0. The zero-order valence-corrected chi connectivity index (χ0v) is 23.1. The summed E-state index contributed by atoms with van der Waals surface area (Å²) in [5, 5.41) is 1.13. The standard InChI is InChI=1S/C27H35Cl2NO2Si/c1-8-19-11-9-12-21-18(2)30(26(31)16-23-24(28)13-10-14-25(23)29)20(15-22(19)21)17-32-33(6,7)27(3,4)5/h8-14,18,20H,1,15-17H2,2-7H3/t18-,20+/m0/s1. The minimum absolute atomic E-state index is 0.0102. The molecule has 178 valence electrons. The molecule has 0 radical (unpaired) electrons. The third-order valence-electron chi connectivity index (χ3n) is 7.29. The van der Waals surface area contributed by atoms with Crippen molar-refractivity contribution in [2.75, 3.05) is 6.61 Å². The summed E-state index contributed by atoms with van der Waals surface area (Å²) in [6, 6.07) is 11.4. The molecule has 2 aromatic carbocycles. The van der Waals surface area contributed by atoms with E-state index in [-0.39, 0.29) is 29.4 Å². The van der Waals surface area contributed by atoms with Gasteiger partial charge in [-0.15, -0.1) is 0 Å². The maximum absolute atomic E-state index is 13.7. The van der Waals surface area contributed by atoms with Crippen LogP contribution in [0.3, 0.4) is 0 Å². The van der Waals surface area contributed by atoms with Gasteiger partial charge in [0.25, 0.3) is 0 Å². The molecule has 1 amide bonds. The number of carbonyl (C=O) groups is 1. The number of halogens is 2. The van der Waals surface area contributed by atoms with Crippen molar-refractivity contribution in [2.45, 2.75) is 70.8 Å². The second kappa shape index (κ2) is 9.95. The zero-order chi connectivity index (χ0) is 24.6. The number of benzene rings is 2. The van der Waals surface area contributed by atoms with Crippen molar-refractivity contribution in [3.63, 3.8) is 0 Å². The number of nitrogens with zero attached hydrogens (tertiary/aromatic N) is 1. The molecule has 0 aliphatic carbocycles. The molecule has 3 rings (SSSR count). The highest BCUT2D eigenvalue weighted by Crippen LogP contribution is 2.39. The number of hydrogen-bond acceptors (Lipinski definition) is 2. The lowest BCUT2D eigenvalue weighted by Crippen LogP contribution is -2.52. The van der Waals surface area contributed by atoms with Gasteiger partial charge in [0.1, 0.15) is 0 Å². The summed E-state index contributed by atoms with van der Waals surface area (Å²) in [4.78, 5) is 15.7. The van der Waals surface area contributed by atoms with Crippen LogP contribution in [0.2, 0.25) is 28.2 Å². The average molecular weight is 505 g/mol. The Morgan fingerprint density at radius 2 is 1.79 bits per heavy atom. The molecule has 3 nitrogen and oxygen atoms in total. The Morgan fingerprint density at radius 3 is 2.36 bits per heavy atom. The van der Waals surface area contributed by atoms with Gasteiger partial charge >= 0.3 is 0 Å². The normalized spacial score (nSPS) is 18.7. The van der Waals surface area contributed by atoms with E-state index in [4.69, 9.17) is 27.6 Å². The highest BCUT2D eigenvalue weighted by Gasteiger charge is 2.41. The van der Waals surface area contributed by atoms with Crippen LogP contribution in [-0.2, 0) is 22.1 Å². The van der Waals surface area contributed by atoms with Crippen LogP contribution in [0.4, 0.5) is 0 Å². The summed E-state index contributed by atoms with van der Waals surface area (Å²) in [7, 11) is -1.98. The average Bonchev–Trinajstić information content (AvgIpc) is 2.73. The Kier molecular flexibility index (Phi) is 7.85. The van der Waals surface area contributed by atoms with Gasteiger partial charge in [-0.1, -0.05) is 80.9 Å². The molecular weight excluding hydrogens is 469 g/mol. The van der Waals surface area contributed by atoms with Crippen molar-refractivity contribution in [1.29, 1.82) is 0 Å². The predicted octanol–water partition coefficient (Wildman–Crippen LogP) is 7.72. The lowest BCUT2D eigenvalue weighted by atomic mass is 9.85. The van der Waals surface area contributed by atoms with Crippen LogP contribution in [0.1, 0.15) is 56.0 Å². The lowest BCUT2D eigenvalue weighted by molar-refractivity contribution is -0.137. The number of fused-ring (bicyclic) bond motifs is 1. The minimum Gasteiger partial charge on any atom is -0.415 e. The van der Waals surface area contributed by atoms with Crippen LogP contribution in [0.15, 0.2) is 43.0 Å². The van der Waals surface area contributed by atoms with Crippen molar-refractivity contribution >= 4 is 43.5 Å². The molecule has 33 heavy (non-hydrogen) atoms. The fourth-order valence-electron chi connectivity index (χ4n) is 4.27. The van der Waals surface area contributed by atoms with E-state index in [2.05, 4.69) is 59.5 Å². The van der Waals surface area contributed by atoms with Crippen LogP contribution in [0.5, 0.6) is 0 Å². The Balaban J connectivity index is 1.97. The van der Waals surface area contributed by atoms with Crippen LogP contribution >= 0.6 is 23.2 Å². The number of amides is 1. The van der Waals surface area contributed by atoms with Gasteiger partial charge in [0.15, 0.2) is 8.32 Å². The highest BCUT2D eigenvalue weighted by molar-refractivity contribution is 6.74. The van der Waals surface area contributed by atoms with Crippen molar-refractivity contribution < 1.29 is 9.22 Å². The van der Waals surface area contributed by atoms with Crippen LogP contribution in [-0.4, -0.2) is 31.8 Å². The summed E-state index contributed by atoms with van der Waals surface area (Å²) < 4.78 is 6.62. The van der Waals surface area contributed by atoms with Crippen molar-refractivity contribution in [2.24, 2.45) is 0 Å². The predicted molar refractivity (Wildman–Crippen MR) is 143 cm³/mol. The van der Waals surface area contributed by atoms with E-state index in [1.807, 2.05) is 17.0 Å². The third kappa shape index (κ3) is 5.40. The Hall–Kier alpha value is -1.59. The van der Waals surface area contributed by atoms with Gasteiger partial charge in [-0.3, -0.25) is 4.79 Å². The Morgan fingerprint density at radius 1 is 1.18 bits per heavy atom. The first-order valence-corrected chi connectivity index (χ1v) is 15.2. The van der Waals surface area contributed by atoms with Gasteiger partial charge in [-0.05, 0) is 65.9 Å². The van der Waals surface area contributed by atoms with Crippen LogP contribution in [0, 0.1) is 0 Å². The summed E-state index contributed by atoms with van der Waals surface area (Å²) >= 11 is 12.8. The number of rotatable bonds is 6. The van der Waals surface area contributed by atoms with E-state index >= 15 is 0 Å². The second-order valence-corrected chi connectivity index (χ2v) is 16.0. The smallest absolute Gasteiger partial charge is 0.227 e. The molecule has 2 aromatic rings. The first kappa shape index (κ1) is 26.0. The van der Waals surface area contributed by atoms with Gasteiger partial charge in [0, 0.05) is 10.0 Å². The van der Waals surface area contributed by atoms with Crippen molar-refractivity contribution in [1.82, 2.24) is 4.90 Å². The van der Waals surface area contributed by atoms with Crippen LogP contribution < -0.4 is 0 Å². The quantitative estimate of drug-likeness (QED) is 0.377. The fourth-order valence-corrected chi connectivity index (χ4v) is 5.84. The largest absolute Gasteiger partial charge is 0.415 e. The van der Waals surface area contributed by atoms with Gasteiger partial charge in [0.2, 0.25) is 5.91 Å². The zero-order valence-electron chi connectivity index (χ0n) is 20.5. The minimum atomic E-state index is -1.98. The van der Waals surface area contributed by atoms with Gasteiger partial charge in [0.05, 0.1) is 25.1 Å².